The normalized spacial score (nSPS) is 11.9. The SMILES string of the molecule is Cc1cc(OCC(O)CO)cc(C)c1-c1csc(NC(=O)c2ccncc2)n1. The van der Waals surface area contributed by atoms with Crippen molar-refractivity contribution in [3.8, 4) is 17.0 Å². The van der Waals surface area contributed by atoms with Gasteiger partial charge in [-0.1, -0.05) is 0 Å². The zero-order valence-corrected chi connectivity index (χ0v) is 16.4. The summed E-state index contributed by atoms with van der Waals surface area (Å²) in [4.78, 5) is 20.7. The van der Waals surface area contributed by atoms with Crippen molar-refractivity contribution in [2.45, 2.75) is 20.0 Å². The van der Waals surface area contributed by atoms with E-state index in [1.165, 1.54) is 11.3 Å². The van der Waals surface area contributed by atoms with Crippen LogP contribution >= 0.6 is 11.3 Å². The molecule has 3 N–H and O–H groups in total. The number of amides is 1. The number of ether oxygens (including phenoxy) is 1. The molecule has 7 nitrogen and oxygen atoms in total. The van der Waals surface area contributed by atoms with E-state index in [0.29, 0.717) is 16.4 Å². The molecule has 1 unspecified atom stereocenters. The van der Waals surface area contributed by atoms with Crippen molar-refractivity contribution in [2.24, 2.45) is 0 Å². The summed E-state index contributed by atoms with van der Waals surface area (Å²) in [6.07, 6.45) is 2.22. The fourth-order valence-corrected chi connectivity index (χ4v) is 3.47. The van der Waals surface area contributed by atoms with Crippen LogP contribution in [0.15, 0.2) is 42.0 Å². The van der Waals surface area contributed by atoms with Crippen LogP contribution in [0.25, 0.3) is 11.3 Å². The number of hydrogen-bond acceptors (Lipinski definition) is 7. The molecule has 1 atom stereocenters. The summed E-state index contributed by atoms with van der Waals surface area (Å²) in [5.41, 5.74) is 4.19. The van der Waals surface area contributed by atoms with Crippen molar-refractivity contribution in [2.75, 3.05) is 18.5 Å². The predicted octanol–water partition coefficient (Wildman–Crippen LogP) is 2.81. The third kappa shape index (κ3) is 4.72. The van der Waals surface area contributed by atoms with E-state index < -0.39 is 6.10 Å². The van der Waals surface area contributed by atoms with Crippen LogP contribution in [0.4, 0.5) is 5.13 Å². The van der Waals surface area contributed by atoms with Gasteiger partial charge in [0.2, 0.25) is 0 Å². The fourth-order valence-electron chi connectivity index (χ4n) is 2.77. The third-order valence-corrected chi connectivity index (χ3v) is 4.84. The molecule has 1 amide bonds. The summed E-state index contributed by atoms with van der Waals surface area (Å²) >= 11 is 1.36. The molecule has 0 bridgehead atoms. The molecule has 0 aliphatic heterocycles. The molecule has 2 aromatic heterocycles. The van der Waals surface area contributed by atoms with Gasteiger partial charge in [0.1, 0.15) is 18.5 Å². The van der Waals surface area contributed by atoms with Crippen LogP contribution in [-0.4, -0.2) is 45.4 Å². The van der Waals surface area contributed by atoms with Gasteiger partial charge in [0.15, 0.2) is 5.13 Å². The van der Waals surface area contributed by atoms with Crippen molar-refractivity contribution in [1.29, 1.82) is 0 Å². The van der Waals surface area contributed by atoms with E-state index in [9.17, 15) is 9.90 Å². The van der Waals surface area contributed by atoms with Crippen molar-refractivity contribution in [3.63, 3.8) is 0 Å². The molecule has 0 spiro atoms. The van der Waals surface area contributed by atoms with Crippen LogP contribution in [0.5, 0.6) is 5.75 Å². The third-order valence-electron chi connectivity index (χ3n) is 4.08. The van der Waals surface area contributed by atoms with E-state index in [4.69, 9.17) is 9.84 Å². The average molecular weight is 399 g/mol. The second-order valence-electron chi connectivity index (χ2n) is 6.31. The molecule has 0 radical (unpaired) electrons. The van der Waals surface area contributed by atoms with E-state index in [0.717, 1.165) is 22.4 Å². The summed E-state index contributed by atoms with van der Waals surface area (Å²) in [6, 6.07) is 7.01. The molecule has 146 valence electrons. The molecule has 0 saturated carbocycles. The van der Waals surface area contributed by atoms with E-state index in [1.54, 1.807) is 24.5 Å². The highest BCUT2D eigenvalue weighted by atomic mass is 32.1. The molecule has 0 aliphatic carbocycles. The van der Waals surface area contributed by atoms with E-state index in [-0.39, 0.29) is 19.1 Å². The Morgan fingerprint density at radius 2 is 1.93 bits per heavy atom. The van der Waals surface area contributed by atoms with Gasteiger partial charge >= 0.3 is 0 Å². The number of aliphatic hydroxyl groups excluding tert-OH is 2. The number of pyridine rings is 1. The number of nitrogens with one attached hydrogen (secondary N) is 1. The smallest absolute Gasteiger partial charge is 0.257 e. The average Bonchev–Trinajstić information content (AvgIpc) is 3.14. The van der Waals surface area contributed by atoms with Crippen molar-refractivity contribution in [1.82, 2.24) is 9.97 Å². The molecule has 0 saturated heterocycles. The summed E-state index contributed by atoms with van der Waals surface area (Å²) in [5, 5.41) is 23.5. The minimum atomic E-state index is -0.912. The Morgan fingerprint density at radius 3 is 2.57 bits per heavy atom. The van der Waals surface area contributed by atoms with E-state index in [1.807, 2.05) is 31.4 Å². The Hall–Kier alpha value is -2.81. The number of aryl methyl sites for hydroxylation is 2. The Labute approximate surface area is 166 Å². The molecular formula is C20H21N3O4S. The van der Waals surface area contributed by atoms with Crippen LogP contribution in [0, 0.1) is 13.8 Å². The zero-order valence-electron chi connectivity index (χ0n) is 15.5. The first-order chi connectivity index (χ1) is 13.5. The van der Waals surface area contributed by atoms with Crippen molar-refractivity contribution in [3.05, 3.63) is 58.7 Å². The number of rotatable bonds is 7. The highest BCUT2D eigenvalue weighted by molar-refractivity contribution is 7.14. The van der Waals surface area contributed by atoms with Gasteiger partial charge in [0.05, 0.1) is 12.3 Å². The van der Waals surface area contributed by atoms with Crippen LogP contribution in [0.1, 0.15) is 21.5 Å². The second-order valence-corrected chi connectivity index (χ2v) is 7.17. The number of aromatic nitrogens is 2. The molecule has 3 aromatic rings. The highest BCUT2D eigenvalue weighted by Crippen LogP contribution is 2.33. The Morgan fingerprint density at radius 1 is 1.25 bits per heavy atom. The lowest BCUT2D eigenvalue weighted by atomic mass is 10.0. The first-order valence-electron chi connectivity index (χ1n) is 8.68. The zero-order chi connectivity index (χ0) is 20.1. The van der Waals surface area contributed by atoms with E-state index in [2.05, 4.69) is 15.3 Å². The second kappa shape index (κ2) is 8.92. The topological polar surface area (TPSA) is 105 Å². The van der Waals surface area contributed by atoms with Gasteiger partial charge in [0.25, 0.3) is 5.91 Å². The molecule has 28 heavy (non-hydrogen) atoms. The number of benzene rings is 1. The Bertz CT molecular complexity index is 936. The quantitative estimate of drug-likeness (QED) is 0.564. The van der Waals surface area contributed by atoms with Gasteiger partial charge in [0, 0.05) is 28.9 Å². The van der Waals surface area contributed by atoms with Crippen LogP contribution in [0.2, 0.25) is 0 Å². The summed E-state index contributed by atoms with van der Waals surface area (Å²) in [7, 11) is 0. The summed E-state index contributed by atoms with van der Waals surface area (Å²) in [5.74, 6) is 0.385. The van der Waals surface area contributed by atoms with Gasteiger partial charge in [-0.25, -0.2) is 4.98 Å². The number of nitrogens with zero attached hydrogens (tertiary/aromatic N) is 2. The minimum Gasteiger partial charge on any atom is -0.491 e. The molecule has 0 aliphatic rings. The Kier molecular flexibility index (Phi) is 6.35. The largest absolute Gasteiger partial charge is 0.491 e. The number of carbonyl (C=O) groups excluding carboxylic acids is 1. The van der Waals surface area contributed by atoms with Crippen molar-refractivity contribution < 1.29 is 19.7 Å². The van der Waals surface area contributed by atoms with Crippen LogP contribution in [-0.2, 0) is 0 Å². The van der Waals surface area contributed by atoms with Crippen LogP contribution in [0.3, 0.4) is 0 Å². The van der Waals surface area contributed by atoms with Gasteiger partial charge < -0.3 is 14.9 Å². The number of anilines is 1. The standard InChI is InChI=1S/C20H21N3O4S/c1-12-7-16(27-10-15(25)9-24)8-13(2)18(12)17-11-28-20(22-17)23-19(26)14-3-5-21-6-4-14/h3-8,11,15,24-25H,9-10H2,1-2H3,(H,22,23,26). The van der Waals surface area contributed by atoms with Gasteiger partial charge in [-0.3, -0.25) is 15.1 Å². The molecule has 3 rings (SSSR count). The lowest BCUT2D eigenvalue weighted by molar-refractivity contribution is 0.0536. The monoisotopic (exact) mass is 399 g/mol. The molecule has 2 heterocycles. The number of aliphatic hydroxyl groups is 2. The molecule has 8 heteroatoms. The first-order valence-corrected chi connectivity index (χ1v) is 9.56. The summed E-state index contributed by atoms with van der Waals surface area (Å²) < 4.78 is 5.53. The van der Waals surface area contributed by atoms with Crippen LogP contribution < -0.4 is 10.1 Å². The molecule has 0 fully saturated rings. The maximum Gasteiger partial charge on any atom is 0.257 e. The van der Waals surface area contributed by atoms with E-state index >= 15 is 0 Å². The number of thiazole rings is 1. The van der Waals surface area contributed by atoms with Gasteiger partial charge in [-0.05, 0) is 49.2 Å². The maximum absolute atomic E-state index is 12.3. The van der Waals surface area contributed by atoms with Crippen molar-refractivity contribution >= 4 is 22.4 Å². The number of carbonyl (C=O) groups is 1. The first kappa shape index (κ1) is 19.9. The maximum atomic E-state index is 12.3. The lowest BCUT2D eigenvalue weighted by Gasteiger charge is -2.14. The molecule has 1 aromatic carbocycles. The fraction of sp³-hybridized carbons (Fsp3) is 0.250. The van der Waals surface area contributed by atoms with Gasteiger partial charge in [-0.2, -0.15) is 0 Å². The highest BCUT2D eigenvalue weighted by Gasteiger charge is 2.14. The Balaban J connectivity index is 1.76. The minimum absolute atomic E-state index is 0.0244. The molecular weight excluding hydrogens is 378 g/mol. The number of hydrogen-bond donors (Lipinski definition) is 3. The summed E-state index contributed by atoms with van der Waals surface area (Å²) in [6.45, 7) is 3.58. The lowest BCUT2D eigenvalue weighted by Crippen LogP contribution is -2.21. The predicted molar refractivity (Wildman–Crippen MR) is 108 cm³/mol. The van der Waals surface area contributed by atoms with Gasteiger partial charge in [-0.15, -0.1) is 11.3 Å².